The zero-order valence-corrected chi connectivity index (χ0v) is 17.3. The normalized spacial score (nSPS) is 16.0. The number of methoxy groups -OCH3 is 2. The lowest BCUT2D eigenvalue weighted by atomic mass is 9.93. The third-order valence-corrected chi connectivity index (χ3v) is 5.10. The summed E-state index contributed by atoms with van der Waals surface area (Å²) in [5, 5.41) is 8.85. The second-order valence-corrected chi connectivity index (χ2v) is 6.98. The first-order chi connectivity index (χ1) is 13.8. The van der Waals surface area contributed by atoms with Gasteiger partial charge in [0.25, 0.3) is 5.91 Å². The van der Waals surface area contributed by atoms with Gasteiger partial charge in [0.1, 0.15) is 0 Å². The van der Waals surface area contributed by atoms with Gasteiger partial charge in [-0.15, -0.1) is 0 Å². The Bertz CT molecular complexity index is 1000. The number of para-hydroxylation sites is 1. The van der Waals surface area contributed by atoms with E-state index in [2.05, 4.69) is 16.0 Å². The molecule has 0 aromatic heterocycles. The van der Waals surface area contributed by atoms with Crippen molar-refractivity contribution in [1.82, 2.24) is 10.6 Å². The Morgan fingerprint density at radius 3 is 2.55 bits per heavy atom. The van der Waals surface area contributed by atoms with Crippen molar-refractivity contribution < 1.29 is 19.1 Å². The highest BCUT2D eigenvalue weighted by Crippen LogP contribution is 2.39. The van der Waals surface area contributed by atoms with E-state index in [0.29, 0.717) is 39.0 Å². The number of ether oxygens (including phenoxy) is 2. The van der Waals surface area contributed by atoms with Crippen LogP contribution >= 0.6 is 11.6 Å². The maximum Gasteiger partial charge on any atom is 0.319 e. The molecular formula is C21H22ClN3O4. The first kappa shape index (κ1) is 20.5. The highest BCUT2D eigenvalue weighted by atomic mass is 35.5. The Labute approximate surface area is 174 Å². The lowest BCUT2D eigenvalue weighted by Crippen LogP contribution is -2.46. The fourth-order valence-electron chi connectivity index (χ4n) is 3.24. The van der Waals surface area contributed by atoms with E-state index in [9.17, 15) is 9.59 Å². The fourth-order valence-corrected chi connectivity index (χ4v) is 3.42. The Hall–Kier alpha value is -3.19. The summed E-state index contributed by atoms with van der Waals surface area (Å²) in [5.74, 6) is 0.573. The van der Waals surface area contributed by atoms with Crippen molar-refractivity contribution in [1.29, 1.82) is 0 Å². The molecule has 3 amide bonds. The zero-order valence-electron chi connectivity index (χ0n) is 16.6. The number of carbonyl (C=O) groups is 2. The Morgan fingerprint density at radius 2 is 1.90 bits per heavy atom. The lowest BCUT2D eigenvalue weighted by Gasteiger charge is -2.30. The molecule has 1 aliphatic heterocycles. The number of hydrogen-bond acceptors (Lipinski definition) is 4. The van der Waals surface area contributed by atoms with E-state index in [1.807, 2.05) is 13.0 Å². The van der Waals surface area contributed by atoms with Gasteiger partial charge in [-0.1, -0.05) is 29.8 Å². The number of allylic oxidation sites excluding steroid dienone is 1. The van der Waals surface area contributed by atoms with Gasteiger partial charge in [0, 0.05) is 22.0 Å². The van der Waals surface area contributed by atoms with Gasteiger partial charge in [-0.25, -0.2) is 4.79 Å². The zero-order chi connectivity index (χ0) is 21.1. The highest BCUT2D eigenvalue weighted by Gasteiger charge is 2.33. The number of nitrogens with one attached hydrogen (secondary N) is 3. The fraction of sp³-hybridized carbons (Fsp3) is 0.238. The standard InChI is InChI=1S/C21H22ClN3O4/c1-11-8-9-13(10-15(11)22)24-20(26)17-12(2)23-21(27)25-18(17)14-6-5-7-16(28-3)19(14)29-4/h5-10,18H,1-4H3,(H,24,26)(H2,23,25,27)/t18-/m1/s1. The number of anilines is 1. The van der Waals surface area contributed by atoms with Crippen LogP contribution in [0.4, 0.5) is 10.5 Å². The molecule has 0 unspecified atom stereocenters. The highest BCUT2D eigenvalue weighted by molar-refractivity contribution is 6.31. The number of hydrogen-bond donors (Lipinski definition) is 3. The van der Waals surface area contributed by atoms with E-state index < -0.39 is 12.1 Å². The topological polar surface area (TPSA) is 88.7 Å². The van der Waals surface area contributed by atoms with E-state index in [1.54, 1.807) is 37.3 Å². The maximum absolute atomic E-state index is 13.1. The minimum absolute atomic E-state index is 0.354. The summed E-state index contributed by atoms with van der Waals surface area (Å²) < 4.78 is 10.9. The molecule has 0 bridgehead atoms. The molecule has 29 heavy (non-hydrogen) atoms. The van der Waals surface area contributed by atoms with Crippen molar-refractivity contribution in [3.63, 3.8) is 0 Å². The Morgan fingerprint density at radius 1 is 1.14 bits per heavy atom. The minimum Gasteiger partial charge on any atom is -0.493 e. The first-order valence-electron chi connectivity index (χ1n) is 8.92. The molecule has 0 fully saturated rings. The molecule has 8 heteroatoms. The van der Waals surface area contributed by atoms with Gasteiger partial charge < -0.3 is 25.4 Å². The monoisotopic (exact) mass is 415 g/mol. The summed E-state index contributed by atoms with van der Waals surface area (Å²) in [4.78, 5) is 25.3. The van der Waals surface area contributed by atoms with Crippen LogP contribution in [0.1, 0.15) is 24.1 Å². The predicted octanol–water partition coefficient (Wildman–Crippen LogP) is 3.93. The van der Waals surface area contributed by atoms with Crippen molar-refractivity contribution in [3.8, 4) is 11.5 Å². The van der Waals surface area contributed by atoms with Crippen molar-refractivity contribution in [3.05, 3.63) is 63.8 Å². The summed E-state index contributed by atoms with van der Waals surface area (Å²) in [5.41, 5.74) is 2.87. The summed E-state index contributed by atoms with van der Waals surface area (Å²) in [7, 11) is 3.04. The van der Waals surface area contributed by atoms with E-state index in [-0.39, 0.29) is 5.91 Å². The molecule has 1 atom stereocenters. The SMILES string of the molecule is COc1cccc([C@H]2NC(=O)NC(C)=C2C(=O)Nc2ccc(C)c(Cl)c2)c1OC. The average molecular weight is 416 g/mol. The molecule has 0 radical (unpaired) electrons. The molecule has 1 heterocycles. The molecular weight excluding hydrogens is 394 g/mol. The number of urea groups is 1. The van der Waals surface area contributed by atoms with Crippen LogP contribution in [0.2, 0.25) is 5.02 Å². The van der Waals surface area contributed by atoms with Crippen LogP contribution in [0.3, 0.4) is 0 Å². The number of amides is 3. The largest absolute Gasteiger partial charge is 0.493 e. The van der Waals surface area contributed by atoms with Crippen molar-refractivity contribution in [2.45, 2.75) is 19.9 Å². The molecule has 0 saturated carbocycles. The number of aryl methyl sites for hydroxylation is 1. The molecule has 0 spiro atoms. The summed E-state index contributed by atoms with van der Waals surface area (Å²) >= 11 is 6.17. The average Bonchev–Trinajstić information content (AvgIpc) is 2.69. The second kappa shape index (κ2) is 8.45. The van der Waals surface area contributed by atoms with Gasteiger partial charge >= 0.3 is 6.03 Å². The van der Waals surface area contributed by atoms with E-state index in [0.717, 1.165) is 5.56 Å². The molecule has 2 aromatic carbocycles. The minimum atomic E-state index is -0.727. The summed E-state index contributed by atoms with van der Waals surface area (Å²) in [6, 6.07) is 9.43. The maximum atomic E-state index is 13.1. The van der Waals surface area contributed by atoms with E-state index in [4.69, 9.17) is 21.1 Å². The molecule has 3 N–H and O–H groups in total. The number of rotatable bonds is 5. The van der Waals surface area contributed by atoms with Crippen LogP contribution in [0.5, 0.6) is 11.5 Å². The van der Waals surface area contributed by atoms with Gasteiger partial charge in [0.05, 0.1) is 25.8 Å². The van der Waals surface area contributed by atoms with E-state index in [1.165, 1.54) is 14.2 Å². The van der Waals surface area contributed by atoms with E-state index >= 15 is 0 Å². The molecule has 2 aromatic rings. The number of halogens is 1. The molecule has 1 aliphatic rings. The summed E-state index contributed by atoms with van der Waals surface area (Å²) in [6.45, 7) is 3.56. The molecule has 0 aliphatic carbocycles. The Balaban J connectivity index is 2.02. The van der Waals surface area contributed by atoms with Crippen LogP contribution in [0, 0.1) is 6.92 Å². The second-order valence-electron chi connectivity index (χ2n) is 6.57. The lowest BCUT2D eigenvalue weighted by molar-refractivity contribution is -0.113. The smallest absolute Gasteiger partial charge is 0.319 e. The number of carbonyl (C=O) groups excluding carboxylic acids is 2. The molecule has 0 saturated heterocycles. The van der Waals surface area contributed by atoms with Crippen LogP contribution in [0.25, 0.3) is 0 Å². The van der Waals surface area contributed by atoms with Crippen LogP contribution in [-0.4, -0.2) is 26.2 Å². The third-order valence-electron chi connectivity index (χ3n) is 4.69. The van der Waals surface area contributed by atoms with Gasteiger partial charge in [0.15, 0.2) is 11.5 Å². The van der Waals surface area contributed by atoms with Gasteiger partial charge in [-0.05, 0) is 37.6 Å². The van der Waals surface area contributed by atoms with Crippen LogP contribution < -0.4 is 25.4 Å². The quantitative estimate of drug-likeness (QED) is 0.690. The third kappa shape index (κ3) is 4.14. The molecule has 3 rings (SSSR count). The molecule has 7 nitrogen and oxygen atoms in total. The van der Waals surface area contributed by atoms with Crippen molar-refractivity contribution in [2.75, 3.05) is 19.5 Å². The van der Waals surface area contributed by atoms with Crippen LogP contribution in [-0.2, 0) is 4.79 Å². The number of benzene rings is 2. The van der Waals surface area contributed by atoms with Gasteiger partial charge in [-0.2, -0.15) is 0 Å². The van der Waals surface area contributed by atoms with Crippen LogP contribution in [0.15, 0.2) is 47.7 Å². The van der Waals surface area contributed by atoms with Crippen molar-refractivity contribution in [2.24, 2.45) is 0 Å². The Kier molecular flexibility index (Phi) is 5.98. The summed E-state index contributed by atoms with van der Waals surface area (Å²) in [6.07, 6.45) is 0. The predicted molar refractivity (Wildman–Crippen MR) is 111 cm³/mol. The molecule has 152 valence electrons. The van der Waals surface area contributed by atoms with Gasteiger partial charge in [-0.3, -0.25) is 4.79 Å². The van der Waals surface area contributed by atoms with Crippen molar-refractivity contribution >= 4 is 29.2 Å². The first-order valence-corrected chi connectivity index (χ1v) is 9.30. The van der Waals surface area contributed by atoms with Gasteiger partial charge in [0.2, 0.25) is 0 Å².